The molecule has 1 aromatic rings. The molecule has 3 N–H and O–H groups in total. The fraction of sp³-hybridized carbons (Fsp3) is 0.636. The molecule has 0 radical (unpaired) electrons. The zero-order valence-electron chi connectivity index (χ0n) is 9.45. The van der Waals surface area contributed by atoms with E-state index in [9.17, 15) is 9.90 Å². The highest BCUT2D eigenvalue weighted by molar-refractivity contribution is 14.1. The lowest BCUT2D eigenvalue weighted by Crippen LogP contribution is -2.26. The molecule has 0 saturated heterocycles. The maximum Gasteiger partial charge on any atom is 0.266 e. The van der Waals surface area contributed by atoms with Crippen LogP contribution in [0.25, 0.3) is 0 Å². The van der Waals surface area contributed by atoms with Crippen LogP contribution in [0, 0.1) is 9.49 Å². The Labute approximate surface area is 113 Å². The van der Waals surface area contributed by atoms with E-state index >= 15 is 0 Å². The Balaban J connectivity index is 1.93. The highest BCUT2D eigenvalue weighted by Gasteiger charge is 2.20. The van der Waals surface area contributed by atoms with E-state index in [1.165, 1.54) is 6.33 Å². The summed E-state index contributed by atoms with van der Waals surface area (Å²) in [6.45, 7) is 0.767. The number of aliphatic hydroxyl groups excluding tert-OH is 1. The van der Waals surface area contributed by atoms with Gasteiger partial charge in [-0.3, -0.25) is 4.79 Å². The summed E-state index contributed by atoms with van der Waals surface area (Å²) in [6, 6.07) is 0. The molecule has 0 bridgehead atoms. The third kappa shape index (κ3) is 3.41. The van der Waals surface area contributed by atoms with Crippen molar-refractivity contribution in [1.82, 2.24) is 9.97 Å². The number of rotatable bonds is 3. The fourth-order valence-corrected chi connectivity index (χ4v) is 2.68. The van der Waals surface area contributed by atoms with Crippen LogP contribution >= 0.6 is 22.6 Å². The molecule has 2 atom stereocenters. The first-order valence-electron chi connectivity index (χ1n) is 5.82. The van der Waals surface area contributed by atoms with Crippen LogP contribution in [0.5, 0.6) is 0 Å². The Morgan fingerprint density at radius 1 is 1.59 bits per heavy atom. The van der Waals surface area contributed by atoms with Crippen molar-refractivity contribution in [3.63, 3.8) is 0 Å². The molecule has 1 aliphatic rings. The topological polar surface area (TPSA) is 78.0 Å². The van der Waals surface area contributed by atoms with E-state index < -0.39 is 0 Å². The quantitative estimate of drug-likeness (QED) is 0.720. The van der Waals surface area contributed by atoms with Gasteiger partial charge >= 0.3 is 0 Å². The highest BCUT2D eigenvalue weighted by atomic mass is 127. The average Bonchev–Trinajstić information content (AvgIpc) is 2.31. The first-order valence-corrected chi connectivity index (χ1v) is 6.90. The van der Waals surface area contributed by atoms with Gasteiger partial charge in [-0.1, -0.05) is 6.42 Å². The zero-order valence-corrected chi connectivity index (χ0v) is 11.6. The molecule has 94 valence electrons. The zero-order chi connectivity index (χ0) is 12.3. The third-order valence-electron chi connectivity index (χ3n) is 3.11. The summed E-state index contributed by atoms with van der Waals surface area (Å²) in [5.74, 6) is 1.10. The van der Waals surface area contributed by atoms with E-state index in [0.29, 0.717) is 15.3 Å². The van der Waals surface area contributed by atoms with Gasteiger partial charge in [-0.15, -0.1) is 0 Å². The number of halogens is 1. The monoisotopic (exact) mass is 349 g/mol. The van der Waals surface area contributed by atoms with Crippen LogP contribution in [-0.4, -0.2) is 27.7 Å². The Morgan fingerprint density at radius 2 is 2.41 bits per heavy atom. The molecule has 1 heterocycles. The minimum Gasteiger partial charge on any atom is -0.393 e. The number of aliphatic hydroxyl groups is 1. The molecule has 2 unspecified atom stereocenters. The van der Waals surface area contributed by atoms with E-state index in [4.69, 9.17) is 0 Å². The lowest BCUT2D eigenvalue weighted by Gasteiger charge is -2.26. The van der Waals surface area contributed by atoms with Gasteiger partial charge in [0, 0.05) is 6.54 Å². The number of H-pyrrole nitrogens is 1. The van der Waals surface area contributed by atoms with Crippen LogP contribution in [0.15, 0.2) is 11.1 Å². The third-order valence-corrected chi connectivity index (χ3v) is 4.11. The predicted molar refractivity (Wildman–Crippen MR) is 74.0 cm³/mol. The molecule has 17 heavy (non-hydrogen) atoms. The first kappa shape index (κ1) is 12.8. The number of hydrogen-bond acceptors (Lipinski definition) is 4. The second kappa shape index (κ2) is 5.81. The van der Waals surface area contributed by atoms with Gasteiger partial charge in [-0.2, -0.15) is 0 Å². The largest absolute Gasteiger partial charge is 0.393 e. The maximum atomic E-state index is 11.4. The molecular weight excluding hydrogens is 333 g/mol. The van der Waals surface area contributed by atoms with E-state index in [1.54, 1.807) is 0 Å². The van der Waals surface area contributed by atoms with Gasteiger partial charge in [0.05, 0.1) is 12.4 Å². The average molecular weight is 349 g/mol. The number of nitrogens with one attached hydrogen (secondary N) is 2. The first-order chi connectivity index (χ1) is 8.16. The van der Waals surface area contributed by atoms with Crippen LogP contribution in [0.4, 0.5) is 5.82 Å². The molecule has 5 nitrogen and oxygen atoms in total. The predicted octanol–water partition coefficient (Wildman–Crippen LogP) is 1.34. The van der Waals surface area contributed by atoms with Gasteiger partial charge in [0.1, 0.15) is 9.39 Å². The highest BCUT2D eigenvalue weighted by Crippen LogP contribution is 2.24. The maximum absolute atomic E-state index is 11.4. The molecule has 2 rings (SSSR count). The lowest BCUT2D eigenvalue weighted by molar-refractivity contribution is 0.104. The van der Waals surface area contributed by atoms with E-state index in [2.05, 4.69) is 15.3 Å². The minimum atomic E-state index is -0.165. The smallest absolute Gasteiger partial charge is 0.266 e. The second-order valence-electron chi connectivity index (χ2n) is 4.46. The summed E-state index contributed by atoms with van der Waals surface area (Å²) >= 11 is 1.99. The van der Waals surface area contributed by atoms with E-state index in [1.807, 2.05) is 22.6 Å². The van der Waals surface area contributed by atoms with Crippen molar-refractivity contribution in [2.45, 2.75) is 31.8 Å². The Morgan fingerprint density at radius 3 is 3.18 bits per heavy atom. The summed E-state index contributed by atoms with van der Waals surface area (Å²) in [4.78, 5) is 18.0. The molecule has 1 saturated carbocycles. The van der Waals surface area contributed by atoms with Gasteiger partial charge < -0.3 is 15.4 Å². The van der Waals surface area contributed by atoms with Gasteiger partial charge in [0.2, 0.25) is 0 Å². The number of anilines is 1. The summed E-state index contributed by atoms with van der Waals surface area (Å²) < 4.78 is 0.585. The lowest BCUT2D eigenvalue weighted by atomic mass is 9.87. The van der Waals surface area contributed by atoms with Crippen LogP contribution in [-0.2, 0) is 0 Å². The molecule has 1 fully saturated rings. The fourth-order valence-electron chi connectivity index (χ4n) is 2.20. The van der Waals surface area contributed by atoms with Crippen molar-refractivity contribution < 1.29 is 5.11 Å². The molecule has 0 spiro atoms. The van der Waals surface area contributed by atoms with Crippen molar-refractivity contribution in [3.05, 3.63) is 20.3 Å². The Hall–Kier alpha value is -0.630. The molecular formula is C11H16IN3O2. The Kier molecular flexibility index (Phi) is 4.38. The van der Waals surface area contributed by atoms with Crippen molar-refractivity contribution >= 4 is 28.4 Å². The number of hydrogen-bond donors (Lipinski definition) is 3. The molecule has 0 aromatic carbocycles. The molecule has 0 amide bonds. The number of aromatic nitrogens is 2. The summed E-state index contributed by atoms with van der Waals surface area (Å²) in [6.07, 6.45) is 5.20. The van der Waals surface area contributed by atoms with Crippen LogP contribution in [0.3, 0.4) is 0 Å². The molecule has 6 heteroatoms. The van der Waals surface area contributed by atoms with Gasteiger partial charge in [0.15, 0.2) is 0 Å². The van der Waals surface area contributed by atoms with Gasteiger partial charge in [-0.05, 0) is 47.8 Å². The Bertz CT molecular complexity index is 435. The summed E-state index contributed by atoms with van der Waals surface area (Å²) in [7, 11) is 0. The van der Waals surface area contributed by atoms with Crippen LogP contribution < -0.4 is 10.9 Å². The van der Waals surface area contributed by atoms with Crippen LogP contribution in [0.2, 0.25) is 0 Å². The second-order valence-corrected chi connectivity index (χ2v) is 5.54. The van der Waals surface area contributed by atoms with E-state index in [0.717, 1.165) is 32.2 Å². The normalized spacial score (nSPS) is 24.6. The molecule has 1 aromatic heterocycles. The van der Waals surface area contributed by atoms with Crippen molar-refractivity contribution in [2.24, 2.45) is 5.92 Å². The molecule has 0 aliphatic heterocycles. The van der Waals surface area contributed by atoms with Gasteiger partial charge in [-0.25, -0.2) is 4.98 Å². The number of nitrogens with zero attached hydrogens (tertiary/aromatic N) is 1. The minimum absolute atomic E-state index is 0.119. The SMILES string of the molecule is O=c1[nH]cnc(NCC2CCCC(O)C2)c1I. The molecule has 1 aliphatic carbocycles. The standard InChI is InChI=1S/C11H16IN3O2/c12-9-10(14-6-15-11(9)17)13-5-7-2-1-3-8(16)4-7/h6-8,16H,1-5H2,(H2,13,14,15,17). The summed E-state index contributed by atoms with van der Waals surface area (Å²) in [5.41, 5.74) is -0.119. The van der Waals surface area contributed by atoms with Crippen molar-refractivity contribution in [2.75, 3.05) is 11.9 Å². The van der Waals surface area contributed by atoms with Crippen molar-refractivity contribution in [1.29, 1.82) is 0 Å². The summed E-state index contributed by atoms with van der Waals surface area (Å²) in [5, 5.41) is 12.8. The number of aromatic amines is 1. The van der Waals surface area contributed by atoms with Crippen molar-refractivity contribution in [3.8, 4) is 0 Å². The van der Waals surface area contributed by atoms with Gasteiger partial charge in [0.25, 0.3) is 5.56 Å². The van der Waals surface area contributed by atoms with Crippen LogP contribution in [0.1, 0.15) is 25.7 Å². The van der Waals surface area contributed by atoms with E-state index in [-0.39, 0.29) is 11.7 Å².